The first-order chi connectivity index (χ1) is 10.1. The SMILES string of the molecule is O=[N+]([O-])c1cc(CNCCc2ccccc2)c(F)cc1F. The molecule has 2 rings (SSSR count). The normalized spacial score (nSPS) is 10.6. The fraction of sp³-hybridized carbons (Fsp3) is 0.200. The van der Waals surface area contributed by atoms with Gasteiger partial charge < -0.3 is 5.32 Å². The van der Waals surface area contributed by atoms with Crippen molar-refractivity contribution in [2.75, 3.05) is 6.54 Å². The van der Waals surface area contributed by atoms with Crippen LogP contribution in [-0.2, 0) is 13.0 Å². The maximum absolute atomic E-state index is 13.5. The van der Waals surface area contributed by atoms with E-state index in [9.17, 15) is 18.9 Å². The molecule has 0 heterocycles. The Labute approximate surface area is 120 Å². The summed E-state index contributed by atoms with van der Waals surface area (Å²) in [5.74, 6) is -1.95. The summed E-state index contributed by atoms with van der Waals surface area (Å²) < 4.78 is 26.7. The van der Waals surface area contributed by atoms with Crippen molar-refractivity contribution >= 4 is 5.69 Å². The van der Waals surface area contributed by atoms with Gasteiger partial charge in [0.25, 0.3) is 0 Å². The van der Waals surface area contributed by atoms with E-state index in [2.05, 4.69) is 5.32 Å². The molecule has 0 amide bonds. The van der Waals surface area contributed by atoms with Crippen LogP contribution in [0.3, 0.4) is 0 Å². The van der Waals surface area contributed by atoms with E-state index in [4.69, 9.17) is 0 Å². The molecule has 0 fully saturated rings. The molecular formula is C15H14F2N2O2. The highest BCUT2D eigenvalue weighted by Crippen LogP contribution is 2.21. The summed E-state index contributed by atoms with van der Waals surface area (Å²) in [5.41, 5.74) is 0.503. The van der Waals surface area contributed by atoms with Gasteiger partial charge in [0.05, 0.1) is 4.92 Å². The van der Waals surface area contributed by atoms with E-state index in [0.29, 0.717) is 12.6 Å². The molecule has 0 unspecified atom stereocenters. The number of hydrogen-bond acceptors (Lipinski definition) is 3. The fourth-order valence-corrected chi connectivity index (χ4v) is 1.96. The van der Waals surface area contributed by atoms with Crippen molar-refractivity contribution in [3.63, 3.8) is 0 Å². The number of nitrogens with one attached hydrogen (secondary N) is 1. The van der Waals surface area contributed by atoms with Crippen molar-refractivity contribution in [1.29, 1.82) is 0 Å². The summed E-state index contributed by atoms with van der Waals surface area (Å²) in [4.78, 5) is 9.76. The Morgan fingerprint density at radius 2 is 1.81 bits per heavy atom. The minimum atomic E-state index is -1.16. The average molecular weight is 292 g/mol. The molecule has 0 aliphatic rings. The van der Waals surface area contributed by atoms with Gasteiger partial charge in [-0.15, -0.1) is 0 Å². The van der Waals surface area contributed by atoms with Gasteiger partial charge in [-0.2, -0.15) is 4.39 Å². The van der Waals surface area contributed by atoms with Crippen LogP contribution in [0.25, 0.3) is 0 Å². The highest BCUT2D eigenvalue weighted by atomic mass is 19.1. The van der Waals surface area contributed by atoms with Crippen molar-refractivity contribution in [1.82, 2.24) is 5.32 Å². The topological polar surface area (TPSA) is 55.2 Å². The number of hydrogen-bond donors (Lipinski definition) is 1. The Kier molecular flexibility index (Phi) is 4.94. The zero-order valence-corrected chi connectivity index (χ0v) is 11.2. The third kappa shape index (κ3) is 4.06. The third-order valence-corrected chi connectivity index (χ3v) is 3.06. The molecule has 0 bridgehead atoms. The van der Waals surface area contributed by atoms with Crippen molar-refractivity contribution < 1.29 is 13.7 Å². The lowest BCUT2D eigenvalue weighted by Gasteiger charge is -2.07. The predicted octanol–water partition coefficient (Wildman–Crippen LogP) is 3.21. The largest absolute Gasteiger partial charge is 0.312 e. The van der Waals surface area contributed by atoms with Crippen LogP contribution >= 0.6 is 0 Å². The molecule has 1 N–H and O–H groups in total. The van der Waals surface area contributed by atoms with Crippen molar-refractivity contribution in [3.05, 3.63) is 75.3 Å². The van der Waals surface area contributed by atoms with E-state index in [1.54, 1.807) is 0 Å². The molecule has 2 aromatic carbocycles. The van der Waals surface area contributed by atoms with Crippen LogP contribution in [0.2, 0.25) is 0 Å². The molecule has 4 nitrogen and oxygen atoms in total. The van der Waals surface area contributed by atoms with Gasteiger partial charge in [-0.3, -0.25) is 10.1 Å². The van der Waals surface area contributed by atoms with Gasteiger partial charge in [-0.1, -0.05) is 30.3 Å². The van der Waals surface area contributed by atoms with Gasteiger partial charge in [-0.05, 0) is 18.5 Å². The predicted molar refractivity (Wildman–Crippen MR) is 74.9 cm³/mol. The number of halogens is 2. The summed E-state index contributed by atoms with van der Waals surface area (Å²) in [6, 6.07) is 11.2. The standard InChI is InChI=1S/C15H14F2N2O2/c16-13-9-14(17)15(19(20)21)8-12(13)10-18-7-6-11-4-2-1-3-5-11/h1-5,8-9,18H,6-7,10H2. The second-order valence-corrected chi connectivity index (χ2v) is 4.56. The molecule has 0 spiro atoms. The molecule has 0 saturated carbocycles. The summed E-state index contributed by atoms with van der Waals surface area (Å²) in [5, 5.41) is 13.6. The van der Waals surface area contributed by atoms with Crippen LogP contribution in [0.1, 0.15) is 11.1 Å². The number of benzene rings is 2. The highest BCUT2D eigenvalue weighted by Gasteiger charge is 2.18. The van der Waals surface area contributed by atoms with Crippen LogP contribution < -0.4 is 5.32 Å². The van der Waals surface area contributed by atoms with Gasteiger partial charge in [0, 0.05) is 24.2 Å². The van der Waals surface area contributed by atoms with Crippen LogP contribution in [0.5, 0.6) is 0 Å². The van der Waals surface area contributed by atoms with Crippen LogP contribution in [0, 0.1) is 21.7 Å². The van der Waals surface area contributed by atoms with E-state index in [0.717, 1.165) is 18.1 Å². The van der Waals surface area contributed by atoms with Gasteiger partial charge >= 0.3 is 5.69 Å². The summed E-state index contributed by atoms with van der Waals surface area (Å²) in [6.45, 7) is 0.703. The first-order valence-corrected chi connectivity index (χ1v) is 6.45. The molecule has 0 saturated heterocycles. The second-order valence-electron chi connectivity index (χ2n) is 4.56. The molecular weight excluding hydrogens is 278 g/mol. The number of nitrogens with zero attached hydrogens (tertiary/aromatic N) is 1. The van der Waals surface area contributed by atoms with Crippen molar-refractivity contribution in [2.24, 2.45) is 0 Å². The third-order valence-electron chi connectivity index (χ3n) is 3.06. The van der Waals surface area contributed by atoms with Crippen LogP contribution in [0.15, 0.2) is 42.5 Å². The quantitative estimate of drug-likeness (QED) is 0.505. The first kappa shape index (κ1) is 15.1. The smallest absolute Gasteiger partial charge is 0.305 e. The Morgan fingerprint density at radius 3 is 2.48 bits per heavy atom. The molecule has 2 aromatic rings. The molecule has 0 aromatic heterocycles. The van der Waals surface area contributed by atoms with E-state index in [1.165, 1.54) is 0 Å². The highest BCUT2D eigenvalue weighted by molar-refractivity contribution is 5.37. The number of nitro benzene ring substituents is 1. The van der Waals surface area contributed by atoms with E-state index in [-0.39, 0.29) is 12.1 Å². The minimum Gasteiger partial charge on any atom is -0.312 e. The first-order valence-electron chi connectivity index (χ1n) is 6.45. The maximum Gasteiger partial charge on any atom is 0.305 e. The lowest BCUT2D eigenvalue weighted by molar-refractivity contribution is -0.387. The van der Waals surface area contributed by atoms with Crippen LogP contribution in [-0.4, -0.2) is 11.5 Å². The average Bonchev–Trinajstić information content (AvgIpc) is 2.46. The summed E-state index contributed by atoms with van der Waals surface area (Å²) in [6.07, 6.45) is 0.756. The molecule has 21 heavy (non-hydrogen) atoms. The molecule has 0 radical (unpaired) electrons. The molecule has 6 heteroatoms. The molecule has 0 aliphatic heterocycles. The minimum absolute atomic E-state index is 0.0798. The molecule has 0 atom stereocenters. The lowest BCUT2D eigenvalue weighted by Crippen LogP contribution is -2.17. The van der Waals surface area contributed by atoms with E-state index < -0.39 is 22.2 Å². The number of nitro groups is 1. The monoisotopic (exact) mass is 292 g/mol. The Hall–Kier alpha value is -2.34. The Morgan fingerprint density at radius 1 is 1.10 bits per heavy atom. The van der Waals surface area contributed by atoms with Crippen molar-refractivity contribution in [2.45, 2.75) is 13.0 Å². The molecule has 110 valence electrons. The van der Waals surface area contributed by atoms with Gasteiger partial charge in [0.1, 0.15) is 5.82 Å². The molecule has 0 aliphatic carbocycles. The van der Waals surface area contributed by atoms with Gasteiger partial charge in [-0.25, -0.2) is 4.39 Å². The van der Waals surface area contributed by atoms with E-state index >= 15 is 0 Å². The summed E-state index contributed by atoms with van der Waals surface area (Å²) >= 11 is 0. The summed E-state index contributed by atoms with van der Waals surface area (Å²) in [7, 11) is 0. The van der Waals surface area contributed by atoms with Gasteiger partial charge in [0.2, 0.25) is 5.82 Å². The Bertz CT molecular complexity index is 633. The fourth-order valence-electron chi connectivity index (χ4n) is 1.96. The zero-order valence-electron chi connectivity index (χ0n) is 11.2. The Balaban J connectivity index is 1.94. The van der Waals surface area contributed by atoms with Gasteiger partial charge in [0.15, 0.2) is 0 Å². The van der Waals surface area contributed by atoms with E-state index in [1.807, 2.05) is 30.3 Å². The van der Waals surface area contributed by atoms with Crippen LogP contribution in [0.4, 0.5) is 14.5 Å². The lowest BCUT2D eigenvalue weighted by atomic mass is 10.1. The second kappa shape index (κ2) is 6.90. The number of rotatable bonds is 6. The zero-order chi connectivity index (χ0) is 15.2. The maximum atomic E-state index is 13.5. The van der Waals surface area contributed by atoms with Crippen molar-refractivity contribution in [3.8, 4) is 0 Å².